The minimum atomic E-state index is -0.730. The molecule has 1 fully saturated rings. The molecule has 1 aliphatic heterocycles. The topological polar surface area (TPSA) is 68.5 Å². The first-order chi connectivity index (χ1) is 13.0. The molecular weight excluding hydrogens is 356 g/mol. The Kier molecular flexibility index (Phi) is 4.31. The quantitative estimate of drug-likeness (QED) is 0.702. The highest BCUT2D eigenvalue weighted by atomic mass is 19.1. The lowest BCUT2D eigenvalue weighted by Crippen LogP contribution is -2.24. The van der Waals surface area contributed by atoms with E-state index >= 15 is 0 Å². The molecule has 0 spiro atoms. The summed E-state index contributed by atoms with van der Waals surface area (Å²) in [6, 6.07) is 10.2. The molecule has 27 heavy (non-hydrogen) atoms. The summed E-state index contributed by atoms with van der Waals surface area (Å²) in [7, 11) is 1.57. The number of hydrogen-bond acceptors (Lipinski definition) is 5. The van der Waals surface area contributed by atoms with Crippen LogP contribution in [0.4, 0.5) is 14.5 Å². The Hall–Kier alpha value is -3.29. The molecule has 0 saturated carbocycles. The predicted octanol–water partition coefficient (Wildman–Crippen LogP) is 3.54. The molecule has 1 atom stereocenters. The summed E-state index contributed by atoms with van der Waals surface area (Å²) < 4.78 is 37.0. The molecule has 0 aliphatic carbocycles. The van der Waals surface area contributed by atoms with E-state index in [0.29, 0.717) is 18.1 Å². The number of methoxy groups -OCH3 is 1. The van der Waals surface area contributed by atoms with Crippen LogP contribution in [-0.2, 0) is 4.79 Å². The lowest BCUT2D eigenvalue weighted by atomic mass is 10.1. The van der Waals surface area contributed by atoms with E-state index in [9.17, 15) is 13.6 Å². The highest BCUT2D eigenvalue weighted by molar-refractivity contribution is 5.96. The minimum absolute atomic E-state index is 0.0127. The van der Waals surface area contributed by atoms with E-state index in [2.05, 4.69) is 10.1 Å². The molecule has 0 radical (unpaired) electrons. The van der Waals surface area contributed by atoms with Gasteiger partial charge in [0.2, 0.25) is 5.91 Å². The number of ether oxygens (including phenoxy) is 1. The Morgan fingerprint density at radius 3 is 2.52 bits per heavy atom. The second-order valence-corrected chi connectivity index (χ2v) is 6.22. The van der Waals surface area contributed by atoms with Gasteiger partial charge in [-0.1, -0.05) is 5.16 Å². The monoisotopic (exact) mass is 371 g/mol. The van der Waals surface area contributed by atoms with Crippen LogP contribution in [0, 0.1) is 11.6 Å². The Morgan fingerprint density at radius 2 is 1.85 bits per heavy atom. The zero-order valence-corrected chi connectivity index (χ0v) is 14.4. The van der Waals surface area contributed by atoms with E-state index in [1.807, 2.05) is 0 Å². The van der Waals surface area contributed by atoms with Gasteiger partial charge in [0.15, 0.2) is 5.82 Å². The van der Waals surface area contributed by atoms with Gasteiger partial charge in [-0.15, -0.1) is 0 Å². The van der Waals surface area contributed by atoms with Crippen LogP contribution in [0.5, 0.6) is 5.75 Å². The van der Waals surface area contributed by atoms with Crippen molar-refractivity contribution in [3.63, 3.8) is 0 Å². The third-order valence-corrected chi connectivity index (χ3v) is 4.43. The van der Waals surface area contributed by atoms with Gasteiger partial charge in [-0.2, -0.15) is 4.98 Å². The molecule has 138 valence electrons. The number of benzene rings is 2. The Bertz CT molecular complexity index is 968. The molecule has 1 amide bonds. The number of anilines is 1. The summed E-state index contributed by atoms with van der Waals surface area (Å²) in [6.07, 6.45) is 0.225. The van der Waals surface area contributed by atoms with Crippen LogP contribution in [-0.4, -0.2) is 29.7 Å². The van der Waals surface area contributed by atoms with E-state index in [-0.39, 0.29) is 29.7 Å². The van der Waals surface area contributed by atoms with Gasteiger partial charge in [0.25, 0.3) is 5.89 Å². The van der Waals surface area contributed by atoms with Crippen molar-refractivity contribution < 1.29 is 22.8 Å². The Morgan fingerprint density at radius 1 is 1.15 bits per heavy atom. The predicted molar refractivity (Wildman–Crippen MR) is 92.4 cm³/mol. The van der Waals surface area contributed by atoms with Crippen molar-refractivity contribution in [3.05, 3.63) is 59.9 Å². The largest absolute Gasteiger partial charge is 0.497 e. The van der Waals surface area contributed by atoms with Gasteiger partial charge in [0.1, 0.15) is 17.4 Å². The average molecular weight is 371 g/mol. The molecule has 1 aliphatic rings. The molecule has 6 nitrogen and oxygen atoms in total. The van der Waals surface area contributed by atoms with Crippen LogP contribution in [0.15, 0.2) is 47.0 Å². The van der Waals surface area contributed by atoms with Crippen molar-refractivity contribution in [2.45, 2.75) is 12.3 Å². The van der Waals surface area contributed by atoms with Gasteiger partial charge in [-0.3, -0.25) is 4.79 Å². The summed E-state index contributed by atoms with van der Waals surface area (Å²) >= 11 is 0. The molecule has 0 unspecified atom stereocenters. The van der Waals surface area contributed by atoms with Crippen LogP contribution >= 0.6 is 0 Å². The van der Waals surface area contributed by atoms with Crippen molar-refractivity contribution >= 4 is 11.6 Å². The highest BCUT2D eigenvalue weighted by Gasteiger charge is 2.34. The first kappa shape index (κ1) is 17.1. The molecule has 3 aromatic rings. The number of hydrogen-bond donors (Lipinski definition) is 0. The molecule has 8 heteroatoms. The number of carbonyl (C=O) groups is 1. The van der Waals surface area contributed by atoms with E-state index in [0.717, 1.165) is 23.9 Å². The summed E-state index contributed by atoms with van der Waals surface area (Å²) in [5.74, 6) is -0.744. The van der Waals surface area contributed by atoms with Gasteiger partial charge < -0.3 is 14.2 Å². The molecule has 0 N–H and O–H groups in total. The van der Waals surface area contributed by atoms with Crippen LogP contribution < -0.4 is 9.64 Å². The third-order valence-electron chi connectivity index (χ3n) is 4.43. The molecule has 1 saturated heterocycles. The lowest BCUT2D eigenvalue weighted by molar-refractivity contribution is -0.117. The number of aromatic nitrogens is 2. The van der Waals surface area contributed by atoms with Crippen molar-refractivity contribution in [2.24, 2.45) is 0 Å². The summed E-state index contributed by atoms with van der Waals surface area (Å²) in [4.78, 5) is 18.3. The fraction of sp³-hybridized carbons (Fsp3) is 0.211. The maximum absolute atomic E-state index is 13.4. The average Bonchev–Trinajstić information content (AvgIpc) is 3.28. The van der Waals surface area contributed by atoms with Crippen LogP contribution in [0.1, 0.15) is 18.2 Å². The number of rotatable bonds is 4. The zero-order valence-electron chi connectivity index (χ0n) is 14.4. The zero-order chi connectivity index (χ0) is 19.0. The summed E-state index contributed by atoms with van der Waals surface area (Å²) in [6.45, 7) is 0.391. The van der Waals surface area contributed by atoms with Crippen molar-refractivity contribution in [2.75, 3.05) is 18.6 Å². The lowest BCUT2D eigenvalue weighted by Gasteiger charge is -2.16. The van der Waals surface area contributed by atoms with Gasteiger partial charge in [-0.05, 0) is 36.4 Å². The van der Waals surface area contributed by atoms with E-state index < -0.39 is 11.6 Å². The Labute approximate surface area is 153 Å². The van der Waals surface area contributed by atoms with Crippen molar-refractivity contribution in [1.82, 2.24) is 10.1 Å². The number of nitrogens with zero attached hydrogens (tertiary/aromatic N) is 3. The molecule has 2 aromatic carbocycles. The highest BCUT2D eigenvalue weighted by Crippen LogP contribution is 2.32. The second-order valence-electron chi connectivity index (χ2n) is 6.22. The van der Waals surface area contributed by atoms with Gasteiger partial charge in [0.05, 0.1) is 7.11 Å². The maximum atomic E-state index is 13.4. The van der Waals surface area contributed by atoms with Gasteiger partial charge >= 0.3 is 0 Å². The summed E-state index contributed by atoms with van der Waals surface area (Å²) in [5.41, 5.74) is 0.904. The standard InChI is InChI=1S/C19H15F2N3O3/c1-26-16-4-2-15(3-5-16)24-10-12(8-17(24)25)18-22-19(27-23-18)11-6-13(20)9-14(21)7-11/h2-7,9,12H,8,10H2,1H3/t12-/m0/s1. The molecule has 1 aromatic heterocycles. The normalized spacial score (nSPS) is 16.8. The van der Waals surface area contributed by atoms with Crippen molar-refractivity contribution in [1.29, 1.82) is 0 Å². The fourth-order valence-corrected chi connectivity index (χ4v) is 3.09. The third kappa shape index (κ3) is 3.38. The molecule has 4 rings (SSSR count). The Balaban J connectivity index is 1.54. The molecular formula is C19H15F2N3O3. The summed E-state index contributed by atoms with van der Waals surface area (Å²) in [5, 5.41) is 3.89. The van der Waals surface area contributed by atoms with E-state index in [1.54, 1.807) is 36.3 Å². The van der Waals surface area contributed by atoms with Gasteiger partial charge in [-0.25, -0.2) is 8.78 Å². The fourth-order valence-electron chi connectivity index (χ4n) is 3.09. The number of halogens is 2. The first-order valence-electron chi connectivity index (χ1n) is 8.28. The first-order valence-corrected chi connectivity index (χ1v) is 8.28. The maximum Gasteiger partial charge on any atom is 0.258 e. The van der Waals surface area contributed by atoms with Crippen LogP contribution in [0.3, 0.4) is 0 Å². The second kappa shape index (κ2) is 6.79. The number of carbonyl (C=O) groups excluding carboxylic acids is 1. The van der Waals surface area contributed by atoms with E-state index in [4.69, 9.17) is 9.26 Å². The van der Waals surface area contributed by atoms with E-state index in [1.165, 1.54) is 0 Å². The minimum Gasteiger partial charge on any atom is -0.497 e. The SMILES string of the molecule is COc1ccc(N2C[C@@H](c3noc(-c4cc(F)cc(F)c4)n3)CC2=O)cc1. The van der Waals surface area contributed by atoms with Gasteiger partial charge in [0, 0.05) is 36.2 Å². The van der Waals surface area contributed by atoms with Crippen LogP contribution in [0.25, 0.3) is 11.5 Å². The molecule has 2 heterocycles. The smallest absolute Gasteiger partial charge is 0.258 e. The van der Waals surface area contributed by atoms with Crippen molar-refractivity contribution in [3.8, 4) is 17.2 Å². The van der Waals surface area contributed by atoms with Crippen LogP contribution in [0.2, 0.25) is 0 Å². The molecule has 0 bridgehead atoms. The number of amides is 1.